The van der Waals surface area contributed by atoms with Crippen LogP contribution in [0.3, 0.4) is 0 Å². The van der Waals surface area contributed by atoms with Crippen molar-refractivity contribution in [3.05, 3.63) is 54.6 Å². The summed E-state index contributed by atoms with van der Waals surface area (Å²) in [5, 5.41) is 5.91. The number of para-hydroxylation sites is 3. The molecule has 1 saturated heterocycles. The van der Waals surface area contributed by atoms with Gasteiger partial charge in [0.05, 0.1) is 24.8 Å². The number of amides is 2. The molecule has 28 heavy (non-hydrogen) atoms. The van der Waals surface area contributed by atoms with Gasteiger partial charge in [-0.15, -0.1) is 0 Å². The SMILES string of the molecule is COc1ccccc1NC(=O)[C@@H](C)N1CCC[C@@H](C(=O)Nc2ccccc2)C1. The molecule has 1 aliphatic rings. The van der Waals surface area contributed by atoms with Gasteiger partial charge in [-0.2, -0.15) is 0 Å². The lowest BCUT2D eigenvalue weighted by molar-refractivity contribution is -0.125. The van der Waals surface area contributed by atoms with Crippen LogP contribution in [-0.2, 0) is 9.59 Å². The molecule has 0 radical (unpaired) electrons. The highest BCUT2D eigenvalue weighted by Crippen LogP contribution is 2.25. The van der Waals surface area contributed by atoms with E-state index in [1.165, 1.54) is 0 Å². The third kappa shape index (κ3) is 4.89. The molecule has 2 amide bonds. The van der Waals surface area contributed by atoms with Gasteiger partial charge in [0, 0.05) is 12.2 Å². The Hall–Kier alpha value is -2.86. The summed E-state index contributed by atoms with van der Waals surface area (Å²) in [7, 11) is 1.58. The molecule has 2 atom stereocenters. The highest BCUT2D eigenvalue weighted by molar-refractivity contribution is 5.96. The Kier molecular flexibility index (Phi) is 6.66. The molecular formula is C22H27N3O3. The molecule has 0 aromatic heterocycles. The summed E-state index contributed by atoms with van der Waals surface area (Å²) in [5.41, 5.74) is 1.45. The van der Waals surface area contributed by atoms with Crippen molar-refractivity contribution in [2.24, 2.45) is 5.92 Å². The highest BCUT2D eigenvalue weighted by Gasteiger charge is 2.31. The monoisotopic (exact) mass is 381 g/mol. The molecule has 3 rings (SSSR count). The van der Waals surface area contributed by atoms with E-state index in [2.05, 4.69) is 15.5 Å². The number of rotatable bonds is 6. The fourth-order valence-electron chi connectivity index (χ4n) is 3.49. The van der Waals surface area contributed by atoms with E-state index in [0.717, 1.165) is 25.1 Å². The molecule has 1 fully saturated rings. The third-order valence-corrected chi connectivity index (χ3v) is 5.16. The van der Waals surface area contributed by atoms with Crippen LogP contribution in [0.2, 0.25) is 0 Å². The van der Waals surface area contributed by atoms with Gasteiger partial charge >= 0.3 is 0 Å². The van der Waals surface area contributed by atoms with E-state index in [9.17, 15) is 9.59 Å². The van der Waals surface area contributed by atoms with E-state index >= 15 is 0 Å². The summed E-state index contributed by atoms with van der Waals surface area (Å²) in [6.45, 7) is 3.25. The number of piperidine rings is 1. The van der Waals surface area contributed by atoms with Crippen LogP contribution >= 0.6 is 0 Å². The maximum atomic E-state index is 12.7. The summed E-state index contributed by atoms with van der Waals surface area (Å²) in [6, 6.07) is 16.5. The average molecular weight is 381 g/mol. The standard InChI is InChI=1S/C22H27N3O3/c1-16(21(26)24-19-12-6-7-13-20(19)28-2)25-14-8-9-17(15-25)22(27)23-18-10-4-3-5-11-18/h3-7,10-13,16-17H,8-9,14-15H2,1-2H3,(H,23,27)(H,24,26)/t16-,17-/m1/s1. The molecule has 0 unspecified atom stereocenters. The Bertz CT molecular complexity index is 810. The molecule has 148 valence electrons. The quantitative estimate of drug-likeness (QED) is 0.805. The van der Waals surface area contributed by atoms with Crippen molar-refractivity contribution in [2.45, 2.75) is 25.8 Å². The Labute approximate surface area is 165 Å². The summed E-state index contributed by atoms with van der Waals surface area (Å²) >= 11 is 0. The van der Waals surface area contributed by atoms with Gasteiger partial charge < -0.3 is 15.4 Å². The topological polar surface area (TPSA) is 70.7 Å². The van der Waals surface area contributed by atoms with Gasteiger partial charge in [-0.05, 0) is 50.6 Å². The second-order valence-corrected chi connectivity index (χ2v) is 7.05. The summed E-state index contributed by atoms with van der Waals surface area (Å²) in [4.78, 5) is 27.4. The number of hydrogen-bond acceptors (Lipinski definition) is 4. The van der Waals surface area contributed by atoms with Gasteiger partial charge in [-0.1, -0.05) is 30.3 Å². The first-order valence-electron chi connectivity index (χ1n) is 9.62. The molecular weight excluding hydrogens is 354 g/mol. The number of hydrogen-bond donors (Lipinski definition) is 2. The molecule has 1 heterocycles. The van der Waals surface area contributed by atoms with E-state index in [1.54, 1.807) is 7.11 Å². The van der Waals surface area contributed by atoms with Crippen molar-refractivity contribution < 1.29 is 14.3 Å². The maximum absolute atomic E-state index is 12.7. The number of likely N-dealkylation sites (tertiary alicyclic amines) is 1. The van der Waals surface area contributed by atoms with E-state index < -0.39 is 0 Å². The second-order valence-electron chi connectivity index (χ2n) is 7.05. The molecule has 2 N–H and O–H groups in total. The zero-order valence-corrected chi connectivity index (χ0v) is 16.4. The van der Waals surface area contributed by atoms with Crippen molar-refractivity contribution in [3.8, 4) is 5.75 Å². The summed E-state index contributed by atoms with van der Waals surface area (Å²) in [6.07, 6.45) is 1.72. The lowest BCUT2D eigenvalue weighted by atomic mass is 9.95. The minimum Gasteiger partial charge on any atom is -0.495 e. The Morgan fingerprint density at radius 1 is 1.07 bits per heavy atom. The van der Waals surface area contributed by atoms with Crippen LogP contribution in [0, 0.1) is 5.92 Å². The minimum absolute atomic E-state index is 0.00763. The molecule has 0 spiro atoms. The van der Waals surface area contributed by atoms with Crippen LogP contribution < -0.4 is 15.4 Å². The lowest BCUT2D eigenvalue weighted by Gasteiger charge is -2.35. The van der Waals surface area contributed by atoms with Gasteiger partial charge in [-0.3, -0.25) is 14.5 Å². The number of anilines is 2. The number of methoxy groups -OCH3 is 1. The number of carbonyl (C=O) groups excluding carboxylic acids is 2. The van der Waals surface area contributed by atoms with Crippen LogP contribution in [0.25, 0.3) is 0 Å². The summed E-state index contributed by atoms with van der Waals surface area (Å²) in [5.74, 6) is 0.402. The van der Waals surface area contributed by atoms with E-state index in [1.807, 2.05) is 61.5 Å². The Morgan fingerprint density at radius 3 is 2.54 bits per heavy atom. The average Bonchev–Trinajstić information content (AvgIpc) is 2.74. The summed E-state index contributed by atoms with van der Waals surface area (Å²) < 4.78 is 5.30. The van der Waals surface area contributed by atoms with Gasteiger partial charge in [0.15, 0.2) is 0 Å². The van der Waals surface area contributed by atoms with E-state index in [4.69, 9.17) is 4.74 Å². The molecule has 1 aliphatic heterocycles. The van der Waals surface area contributed by atoms with Crippen molar-refractivity contribution in [1.29, 1.82) is 0 Å². The van der Waals surface area contributed by atoms with Crippen LogP contribution in [0.5, 0.6) is 5.75 Å². The van der Waals surface area contributed by atoms with Crippen LogP contribution in [0.1, 0.15) is 19.8 Å². The smallest absolute Gasteiger partial charge is 0.241 e. The van der Waals surface area contributed by atoms with Crippen LogP contribution in [0.4, 0.5) is 11.4 Å². The van der Waals surface area contributed by atoms with Crippen molar-refractivity contribution in [1.82, 2.24) is 4.90 Å². The number of ether oxygens (including phenoxy) is 1. The minimum atomic E-state index is -0.336. The van der Waals surface area contributed by atoms with Crippen molar-refractivity contribution >= 4 is 23.2 Å². The zero-order valence-electron chi connectivity index (χ0n) is 16.4. The fraction of sp³-hybridized carbons (Fsp3) is 0.364. The van der Waals surface area contributed by atoms with Crippen molar-refractivity contribution in [2.75, 3.05) is 30.8 Å². The predicted octanol–water partition coefficient (Wildman–Crippen LogP) is 3.37. The molecule has 2 aromatic rings. The Morgan fingerprint density at radius 2 is 1.79 bits per heavy atom. The maximum Gasteiger partial charge on any atom is 0.241 e. The van der Waals surface area contributed by atoms with Gasteiger partial charge in [0.25, 0.3) is 0 Å². The van der Waals surface area contributed by atoms with Gasteiger partial charge in [0.2, 0.25) is 11.8 Å². The number of nitrogens with zero attached hydrogens (tertiary/aromatic N) is 1. The van der Waals surface area contributed by atoms with Crippen LogP contribution in [0.15, 0.2) is 54.6 Å². The first-order chi connectivity index (χ1) is 13.6. The first kappa shape index (κ1) is 19.9. The lowest BCUT2D eigenvalue weighted by Crippen LogP contribution is -2.49. The Balaban J connectivity index is 1.59. The second kappa shape index (κ2) is 9.37. The molecule has 6 heteroatoms. The van der Waals surface area contributed by atoms with Gasteiger partial charge in [-0.25, -0.2) is 0 Å². The zero-order chi connectivity index (χ0) is 19.9. The van der Waals surface area contributed by atoms with E-state index in [0.29, 0.717) is 18.0 Å². The fourth-order valence-corrected chi connectivity index (χ4v) is 3.49. The highest BCUT2D eigenvalue weighted by atomic mass is 16.5. The normalized spacial score (nSPS) is 18.1. The largest absolute Gasteiger partial charge is 0.495 e. The van der Waals surface area contributed by atoms with Crippen LogP contribution in [-0.4, -0.2) is 43.0 Å². The van der Waals surface area contributed by atoms with Crippen molar-refractivity contribution in [3.63, 3.8) is 0 Å². The molecule has 6 nitrogen and oxygen atoms in total. The molecule has 0 bridgehead atoms. The third-order valence-electron chi connectivity index (χ3n) is 5.16. The molecule has 2 aromatic carbocycles. The molecule has 0 saturated carbocycles. The number of carbonyl (C=O) groups is 2. The molecule has 0 aliphatic carbocycles. The van der Waals surface area contributed by atoms with Gasteiger partial charge in [0.1, 0.15) is 5.75 Å². The number of benzene rings is 2. The first-order valence-corrected chi connectivity index (χ1v) is 9.62. The predicted molar refractivity (Wildman–Crippen MR) is 110 cm³/mol. The number of nitrogens with one attached hydrogen (secondary N) is 2. The van der Waals surface area contributed by atoms with E-state index in [-0.39, 0.29) is 23.8 Å².